The third kappa shape index (κ3) is 5.84. The van der Waals surface area contributed by atoms with Gasteiger partial charge < -0.3 is 10.2 Å². The van der Waals surface area contributed by atoms with Gasteiger partial charge in [0.2, 0.25) is 0 Å². The molecule has 3 heteroatoms. The van der Waals surface area contributed by atoms with Crippen LogP contribution in [-0.4, -0.2) is 37.6 Å². The van der Waals surface area contributed by atoms with Gasteiger partial charge in [0, 0.05) is 12.6 Å². The van der Waals surface area contributed by atoms with Gasteiger partial charge in [-0.2, -0.15) is 0 Å². The minimum Gasteiger partial charge on any atom is -0.313 e. The van der Waals surface area contributed by atoms with E-state index >= 15 is 0 Å². The number of nitrogens with zero attached hydrogens (tertiary/aromatic N) is 1. The molecule has 1 atom stereocenters. The topological polar surface area (TPSA) is 15.3 Å². The molecule has 0 aromatic heterocycles. The lowest BCUT2D eigenvalue weighted by Gasteiger charge is -2.28. The van der Waals surface area contributed by atoms with Crippen LogP contribution in [0.15, 0.2) is 0 Å². The van der Waals surface area contributed by atoms with Crippen molar-refractivity contribution >= 4 is 12.4 Å². The molecule has 14 heavy (non-hydrogen) atoms. The zero-order valence-electron chi connectivity index (χ0n) is 9.59. The molecule has 1 fully saturated rings. The smallest absolute Gasteiger partial charge is 0.0194 e. The average molecular weight is 221 g/mol. The number of hydrogen-bond donors (Lipinski definition) is 1. The molecule has 0 spiro atoms. The number of unbranched alkanes of at least 4 members (excludes halogenated alkanes) is 1. The maximum Gasteiger partial charge on any atom is 0.0194 e. The van der Waals surface area contributed by atoms with E-state index in [1.54, 1.807) is 0 Å². The highest BCUT2D eigenvalue weighted by molar-refractivity contribution is 5.85. The van der Waals surface area contributed by atoms with Gasteiger partial charge in [0.25, 0.3) is 0 Å². The molecular weight excluding hydrogens is 196 g/mol. The number of likely N-dealkylation sites (N-methyl/N-ethyl adjacent to an activating group) is 1. The summed E-state index contributed by atoms with van der Waals surface area (Å²) < 4.78 is 0. The summed E-state index contributed by atoms with van der Waals surface area (Å²) in [6.07, 6.45) is 6.80. The second-order valence-corrected chi connectivity index (χ2v) is 4.26. The van der Waals surface area contributed by atoms with Gasteiger partial charge in [-0.05, 0) is 39.4 Å². The molecule has 0 saturated carbocycles. The van der Waals surface area contributed by atoms with Crippen LogP contribution in [-0.2, 0) is 0 Å². The van der Waals surface area contributed by atoms with Crippen LogP contribution in [0.2, 0.25) is 0 Å². The quantitative estimate of drug-likeness (QED) is 0.765. The second kappa shape index (κ2) is 8.51. The largest absolute Gasteiger partial charge is 0.313 e. The molecule has 1 saturated heterocycles. The average Bonchev–Trinajstić information content (AvgIpc) is 2.16. The fourth-order valence-electron chi connectivity index (χ4n) is 1.98. The fraction of sp³-hybridized carbons (Fsp3) is 1.00. The lowest BCUT2D eigenvalue weighted by Crippen LogP contribution is -2.42. The number of halogens is 1. The van der Waals surface area contributed by atoms with Crippen molar-refractivity contribution < 1.29 is 0 Å². The Bertz CT molecular complexity index is 124. The first-order valence-corrected chi connectivity index (χ1v) is 5.75. The van der Waals surface area contributed by atoms with Crippen LogP contribution < -0.4 is 5.32 Å². The number of hydrogen-bond acceptors (Lipinski definition) is 2. The van der Waals surface area contributed by atoms with Gasteiger partial charge in [0.05, 0.1) is 0 Å². The fourth-order valence-corrected chi connectivity index (χ4v) is 1.98. The molecule has 0 radical (unpaired) electrons. The molecule has 2 nitrogen and oxygen atoms in total. The predicted octanol–water partition coefficient (Wildman–Crippen LogP) is 2.28. The van der Waals surface area contributed by atoms with Gasteiger partial charge in [-0.1, -0.05) is 19.8 Å². The summed E-state index contributed by atoms with van der Waals surface area (Å²) in [5, 5.41) is 3.58. The summed E-state index contributed by atoms with van der Waals surface area (Å²) in [5.41, 5.74) is 0. The third-order valence-electron chi connectivity index (χ3n) is 2.84. The van der Waals surface area contributed by atoms with Gasteiger partial charge in [0.15, 0.2) is 0 Å². The zero-order chi connectivity index (χ0) is 9.52. The lowest BCUT2D eigenvalue weighted by molar-refractivity contribution is 0.259. The van der Waals surface area contributed by atoms with E-state index in [4.69, 9.17) is 0 Å². The maximum atomic E-state index is 3.58. The maximum absolute atomic E-state index is 3.58. The van der Waals surface area contributed by atoms with Crippen molar-refractivity contribution in [2.75, 3.05) is 26.7 Å². The molecule has 1 unspecified atom stereocenters. The first-order chi connectivity index (χ1) is 6.33. The van der Waals surface area contributed by atoms with E-state index in [9.17, 15) is 0 Å². The standard InChI is InChI=1S/C11H24N2.ClH/c1-3-4-9-13(2)10-11-7-5-6-8-12-11;/h11-12H,3-10H2,1-2H3;1H. The van der Waals surface area contributed by atoms with E-state index in [0.29, 0.717) is 0 Å². The molecule has 0 aromatic rings. The van der Waals surface area contributed by atoms with Crippen molar-refractivity contribution in [2.45, 2.75) is 45.1 Å². The molecule has 86 valence electrons. The van der Waals surface area contributed by atoms with Gasteiger partial charge in [0.1, 0.15) is 0 Å². The van der Waals surface area contributed by atoms with E-state index in [1.807, 2.05) is 0 Å². The number of rotatable bonds is 5. The molecule has 1 aliphatic heterocycles. The van der Waals surface area contributed by atoms with Crippen molar-refractivity contribution in [1.29, 1.82) is 0 Å². The normalized spacial score (nSPS) is 22.1. The Balaban J connectivity index is 0.00000169. The molecule has 1 aliphatic rings. The van der Waals surface area contributed by atoms with Crippen LogP contribution in [0, 0.1) is 0 Å². The number of nitrogens with one attached hydrogen (secondary N) is 1. The monoisotopic (exact) mass is 220 g/mol. The second-order valence-electron chi connectivity index (χ2n) is 4.26. The van der Waals surface area contributed by atoms with E-state index in [0.717, 1.165) is 6.04 Å². The van der Waals surface area contributed by atoms with Crippen molar-refractivity contribution in [1.82, 2.24) is 10.2 Å². The summed E-state index contributed by atoms with van der Waals surface area (Å²) in [5.74, 6) is 0. The van der Waals surface area contributed by atoms with Gasteiger partial charge in [-0.15, -0.1) is 12.4 Å². The molecule has 0 aromatic carbocycles. The molecule has 0 aliphatic carbocycles. The summed E-state index contributed by atoms with van der Waals surface area (Å²) >= 11 is 0. The molecule has 0 amide bonds. The minimum atomic E-state index is 0. The summed E-state index contributed by atoms with van der Waals surface area (Å²) in [7, 11) is 2.24. The minimum absolute atomic E-state index is 0. The predicted molar refractivity (Wildman–Crippen MR) is 65.3 cm³/mol. The Labute approximate surface area is 94.8 Å². The van der Waals surface area contributed by atoms with E-state index in [2.05, 4.69) is 24.2 Å². The van der Waals surface area contributed by atoms with Gasteiger partial charge >= 0.3 is 0 Å². The van der Waals surface area contributed by atoms with Crippen LogP contribution in [0.25, 0.3) is 0 Å². The molecular formula is C11H25ClN2. The highest BCUT2D eigenvalue weighted by atomic mass is 35.5. The van der Waals surface area contributed by atoms with Gasteiger partial charge in [-0.3, -0.25) is 0 Å². The first kappa shape index (κ1) is 14.2. The van der Waals surface area contributed by atoms with E-state index in [1.165, 1.54) is 51.7 Å². The zero-order valence-corrected chi connectivity index (χ0v) is 10.4. The van der Waals surface area contributed by atoms with E-state index in [-0.39, 0.29) is 12.4 Å². The Kier molecular flexibility index (Phi) is 8.64. The SMILES string of the molecule is CCCCN(C)CC1CCCCN1.Cl. The Morgan fingerprint density at radius 1 is 1.36 bits per heavy atom. The van der Waals surface area contributed by atoms with E-state index < -0.39 is 0 Å². The van der Waals surface area contributed by atoms with Gasteiger partial charge in [-0.25, -0.2) is 0 Å². The first-order valence-electron chi connectivity index (χ1n) is 5.75. The Morgan fingerprint density at radius 2 is 2.14 bits per heavy atom. The lowest BCUT2D eigenvalue weighted by atomic mass is 10.0. The summed E-state index contributed by atoms with van der Waals surface area (Å²) in [4.78, 5) is 2.46. The molecule has 1 rings (SSSR count). The molecule has 1 N–H and O–H groups in total. The Hall–Kier alpha value is 0.210. The highest BCUT2D eigenvalue weighted by Crippen LogP contribution is 2.07. The van der Waals surface area contributed by atoms with Crippen molar-refractivity contribution in [3.8, 4) is 0 Å². The van der Waals surface area contributed by atoms with Crippen LogP contribution in [0.1, 0.15) is 39.0 Å². The van der Waals surface area contributed by atoms with Crippen LogP contribution in [0.3, 0.4) is 0 Å². The summed E-state index contributed by atoms with van der Waals surface area (Å²) in [6.45, 7) is 5.98. The van der Waals surface area contributed by atoms with Crippen LogP contribution >= 0.6 is 12.4 Å². The summed E-state index contributed by atoms with van der Waals surface area (Å²) in [6, 6.07) is 0.760. The highest BCUT2D eigenvalue weighted by Gasteiger charge is 2.13. The number of piperidine rings is 1. The Morgan fingerprint density at radius 3 is 2.71 bits per heavy atom. The molecule has 0 bridgehead atoms. The third-order valence-corrected chi connectivity index (χ3v) is 2.84. The van der Waals surface area contributed by atoms with Crippen LogP contribution in [0.5, 0.6) is 0 Å². The van der Waals surface area contributed by atoms with Crippen molar-refractivity contribution in [3.05, 3.63) is 0 Å². The van der Waals surface area contributed by atoms with Crippen LogP contribution in [0.4, 0.5) is 0 Å². The van der Waals surface area contributed by atoms with Crippen molar-refractivity contribution in [2.24, 2.45) is 0 Å². The molecule has 1 heterocycles. The van der Waals surface area contributed by atoms with Crippen molar-refractivity contribution in [3.63, 3.8) is 0 Å².